The number of carbonyl (C=O) groups excluding carboxylic acids is 2. The van der Waals surface area contributed by atoms with E-state index in [1.807, 2.05) is 0 Å². The van der Waals surface area contributed by atoms with Crippen LogP contribution in [0.15, 0.2) is 17.0 Å². The van der Waals surface area contributed by atoms with Crippen molar-refractivity contribution in [1.29, 1.82) is 0 Å². The lowest BCUT2D eigenvalue weighted by atomic mass is 10.1. The Hall–Kier alpha value is -2.13. The molecular formula is C20H27N3O5S. The largest absolute Gasteiger partial charge is 0.479 e. The van der Waals surface area contributed by atoms with Gasteiger partial charge >= 0.3 is 0 Å². The molecule has 2 fully saturated rings. The molecule has 2 amide bonds. The van der Waals surface area contributed by atoms with Crippen LogP contribution in [0, 0.1) is 6.92 Å². The maximum Gasteiger partial charge on any atom is 0.265 e. The van der Waals surface area contributed by atoms with Gasteiger partial charge in [0, 0.05) is 18.7 Å². The number of benzene rings is 1. The van der Waals surface area contributed by atoms with Crippen molar-refractivity contribution >= 4 is 27.5 Å². The average molecular weight is 422 g/mol. The Bertz CT molecular complexity index is 940. The highest BCUT2D eigenvalue weighted by Crippen LogP contribution is 2.37. The number of nitrogens with one attached hydrogen (secondary N) is 2. The summed E-state index contributed by atoms with van der Waals surface area (Å²) in [5.74, 6) is -0.145. The summed E-state index contributed by atoms with van der Waals surface area (Å²) in [5, 5.41) is 5.76. The molecule has 2 atom stereocenters. The zero-order valence-corrected chi connectivity index (χ0v) is 17.5. The molecule has 1 aromatic rings. The summed E-state index contributed by atoms with van der Waals surface area (Å²) >= 11 is 0. The van der Waals surface area contributed by atoms with Gasteiger partial charge in [0.25, 0.3) is 5.91 Å². The van der Waals surface area contributed by atoms with Crippen LogP contribution < -0.4 is 15.4 Å². The third kappa shape index (κ3) is 3.73. The minimum Gasteiger partial charge on any atom is -0.479 e. The second-order valence-corrected chi connectivity index (χ2v) is 9.99. The van der Waals surface area contributed by atoms with Crippen molar-refractivity contribution in [3.05, 3.63) is 17.7 Å². The normalized spacial score (nSPS) is 25.4. The van der Waals surface area contributed by atoms with Gasteiger partial charge in [0.2, 0.25) is 15.9 Å². The van der Waals surface area contributed by atoms with E-state index in [4.69, 9.17) is 4.74 Å². The highest BCUT2D eigenvalue weighted by Gasteiger charge is 2.41. The minimum atomic E-state index is -3.88. The fourth-order valence-electron chi connectivity index (χ4n) is 4.40. The van der Waals surface area contributed by atoms with Gasteiger partial charge in [-0.2, -0.15) is 4.31 Å². The number of anilines is 1. The van der Waals surface area contributed by atoms with Gasteiger partial charge in [-0.05, 0) is 51.2 Å². The number of hydrogen-bond donors (Lipinski definition) is 2. The first-order chi connectivity index (χ1) is 13.8. The number of amides is 2. The van der Waals surface area contributed by atoms with Gasteiger partial charge in [0.05, 0.1) is 10.6 Å². The number of hydrogen-bond acceptors (Lipinski definition) is 5. The maximum absolute atomic E-state index is 13.4. The Labute approximate surface area is 171 Å². The third-order valence-electron chi connectivity index (χ3n) is 6.00. The Balaban J connectivity index is 1.61. The molecular weight excluding hydrogens is 394 g/mol. The quantitative estimate of drug-likeness (QED) is 0.773. The van der Waals surface area contributed by atoms with Crippen LogP contribution in [0.2, 0.25) is 0 Å². The number of carbonyl (C=O) groups is 2. The second kappa shape index (κ2) is 7.60. The van der Waals surface area contributed by atoms with Crippen molar-refractivity contribution < 1.29 is 22.7 Å². The van der Waals surface area contributed by atoms with Crippen LogP contribution in [-0.4, -0.2) is 49.3 Å². The number of ether oxygens (including phenoxy) is 1. The van der Waals surface area contributed by atoms with E-state index in [0.717, 1.165) is 25.7 Å². The molecule has 158 valence electrons. The van der Waals surface area contributed by atoms with Gasteiger partial charge in [-0.3, -0.25) is 9.59 Å². The van der Waals surface area contributed by atoms with E-state index < -0.39 is 22.2 Å². The molecule has 1 aromatic carbocycles. The molecule has 4 rings (SSSR count). The molecule has 1 saturated heterocycles. The standard InChI is InChI=1S/C20H27N3O5S/c1-12-10-15-17(28-13(2)19(24)22-15)11-18(12)29(26,27)23-9-5-8-16(23)20(25)21-14-6-3-4-7-14/h10-11,13-14,16H,3-9H2,1-2H3,(H,21,25)(H,22,24). The molecule has 29 heavy (non-hydrogen) atoms. The molecule has 2 aliphatic heterocycles. The molecule has 0 bridgehead atoms. The van der Waals surface area contributed by atoms with Gasteiger partial charge in [0.1, 0.15) is 11.8 Å². The van der Waals surface area contributed by atoms with Crippen molar-refractivity contribution in [2.24, 2.45) is 0 Å². The lowest BCUT2D eigenvalue weighted by molar-refractivity contribution is -0.125. The van der Waals surface area contributed by atoms with E-state index >= 15 is 0 Å². The molecule has 9 heteroatoms. The van der Waals surface area contributed by atoms with Crippen LogP contribution in [0.5, 0.6) is 5.75 Å². The van der Waals surface area contributed by atoms with Crippen molar-refractivity contribution in [2.75, 3.05) is 11.9 Å². The molecule has 2 unspecified atom stereocenters. The van der Waals surface area contributed by atoms with Crippen LogP contribution in [0.4, 0.5) is 5.69 Å². The maximum atomic E-state index is 13.4. The fourth-order valence-corrected chi connectivity index (χ4v) is 6.28. The monoisotopic (exact) mass is 421 g/mol. The summed E-state index contributed by atoms with van der Waals surface area (Å²) in [6.07, 6.45) is 4.58. The van der Waals surface area contributed by atoms with Gasteiger partial charge < -0.3 is 15.4 Å². The Morgan fingerprint density at radius 2 is 1.93 bits per heavy atom. The molecule has 0 radical (unpaired) electrons. The fraction of sp³-hybridized carbons (Fsp3) is 0.600. The average Bonchev–Trinajstić information content (AvgIpc) is 3.34. The lowest BCUT2D eigenvalue weighted by Crippen LogP contribution is -2.48. The van der Waals surface area contributed by atoms with E-state index in [1.165, 1.54) is 10.4 Å². The van der Waals surface area contributed by atoms with Crippen LogP contribution in [0.1, 0.15) is 51.0 Å². The zero-order chi connectivity index (χ0) is 20.8. The number of sulfonamides is 1. The number of nitrogens with zero attached hydrogens (tertiary/aromatic N) is 1. The van der Waals surface area contributed by atoms with E-state index in [2.05, 4.69) is 10.6 Å². The summed E-state index contributed by atoms with van der Waals surface area (Å²) in [4.78, 5) is 24.7. The molecule has 3 aliphatic rings. The summed E-state index contributed by atoms with van der Waals surface area (Å²) in [6, 6.07) is 2.53. The van der Waals surface area contributed by atoms with Gasteiger partial charge in [-0.15, -0.1) is 0 Å². The highest BCUT2D eigenvalue weighted by molar-refractivity contribution is 7.89. The topological polar surface area (TPSA) is 105 Å². The Morgan fingerprint density at radius 3 is 2.66 bits per heavy atom. The van der Waals surface area contributed by atoms with Crippen LogP contribution >= 0.6 is 0 Å². The van der Waals surface area contributed by atoms with Crippen molar-refractivity contribution in [3.63, 3.8) is 0 Å². The van der Waals surface area contributed by atoms with Gasteiger partial charge in [-0.25, -0.2) is 8.42 Å². The minimum absolute atomic E-state index is 0.111. The number of fused-ring (bicyclic) bond motifs is 1. The van der Waals surface area contributed by atoms with Crippen molar-refractivity contribution in [3.8, 4) is 5.75 Å². The van der Waals surface area contributed by atoms with Gasteiger partial charge in [0.15, 0.2) is 6.10 Å². The van der Waals surface area contributed by atoms with E-state index in [1.54, 1.807) is 19.9 Å². The predicted molar refractivity (Wildman–Crippen MR) is 107 cm³/mol. The first kappa shape index (κ1) is 20.2. The molecule has 0 spiro atoms. The molecule has 8 nitrogen and oxygen atoms in total. The first-order valence-corrected chi connectivity index (χ1v) is 11.7. The summed E-state index contributed by atoms with van der Waals surface area (Å²) in [7, 11) is -3.88. The Morgan fingerprint density at radius 1 is 1.21 bits per heavy atom. The third-order valence-corrected chi connectivity index (χ3v) is 8.05. The van der Waals surface area contributed by atoms with Crippen molar-refractivity contribution in [1.82, 2.24) is 9.62 Å². The number of rotatable bonds is 4. The van der Waals surface area contributed by atoms with E-state index in [0.29, 0.717) is 36.4 Å². The molecule has 2 heterocycles. The van der Waals surface area contributed by atoms with Crippen LogP contribution in [0.25, 0.3) is 0 Å². The first-order valence-electron chi connectivity index (χ1n) is 10.2. The zero-order valence-electron chi connectivity index (χ0n) is 16.7. The highest BCUT2D eigenvalue weighted by atomic mass is 32.2. The number of aryl methyl sites for hydroxylation is 1. The Kier molecular flexibility index (Phi) is 5.29. The summed E-state index contributed by atoms with van der Waals surface area (Å²) in [5.41, 5.74) is 0.963. The molecule has 1 saturated carbocycles. The van der Waals surface area contributed by atoms with Crippen molar-refractivity contribution in [2.45, 2.75) is 75.5 Å². The summed E-state index contributed by atoms with van der Waals surface area (Å²) in [6.45, 7) is 3.60. The second-order valence-electron chi connectivity index (χ2n) is 8.13. The molecule has 2 N–H and O–H groups in total. The lowest BCUT2D eigenvalue weighted by Gasteiger charge is -2.28. The van der Waals surface area contributed by atoms with E-state index in [-0.39, 0.29) is 22.8 Å². The van der Waals surface area contributed by atoms with Crippen LogP contribution in [-0.2, 0) is 19.6 Å². The SMILES string of the molecule is Cc1cc2c(cc1S(=O)(=O)N1CCCC1C(=O)NC1CCCC1)OC(C)C(=O)N2. The summed E-state index contributed by atoms with van der Waals surface area (Å²) < 4.78 is 33.8. The molecule has 1 aliphatic carbocycles. The predicted octanol–water partition coefficient (Wildman–Crippen LogP) is 1.93. The van der Waals surface area contributed by atoms with Crippen LogP contribution in [0.3, 0.4) is 0 Å². The van der Waals surface area contributed by atoms with E-state index in [9.17, 15) is 18.0 Å². The molecule has 0 aromatic heterocycles. The van der Waals surface area contributed by atoms with Gasteiger partial charge in [-0.1, -0.05) is 12.8 Å². The smallest absolute Gasteiger partial charge is 0.265 e.